The van der Waals surface area contributed by atoms with Crippen molar-refractivity contribution in [2.24, 2.45) is 0 Å². The van der Waals surface area contributed by atoms with Gasteiger partial charge in [0.15, 0.2) is 11.5 Å². The van der Waals surface area contributed by atoms with Gasteiger partial charge in [0.25, 0.3) is 0 Å². The van der Waals surface area contributed by atoms with Crippen LogP contribution in [0.25, 0.3) is 6.08 Å². The van der Waals surface area contributed by atoms with Crippen LogP contribution in [0.2, 0.25) is 0 Å². The second-order valence-electron chi connectivity index (χ2n) is 5.95. The van der Waals surface area contributed by atoms with Gasteiger partial charge in [-0.05, 0) is 42.8 Å². The molecule has 1 N–H and O–H groups in total. The van der Waals surface area contributed by atoms with E-state index in [9.17, 15) is 13.6 Å². The van der Waals surface area contributed by atoms with Crippen molar-refractivity contribution in [3.05, 3.63) is 65.2 Å². The van der Waals surface area contributed by atoms with Crippen molar-refractivity contribution >= 4 is 12.0 Å². The summed E-state index contributed by atoms with van der Waals surface area (Å²) in [4.78, 5) is 12.1. The molecule has 0 aliphatic rings. The number of halogens is 2. The second-order valence-corrected chi connectivity index (χ2v) is 5.95. The molecule has 1 unspecified atom stereocenters. The van der Waals surface area contributed by atoms with E-state index in [2.05, 4.69) is 5.32 Å². The lowest BCUT2D eigenvalue weighted by atomic mass is 10.1. The first-order valence-corrected chi connectivity index (χ1v) is 8.68. The lowest BCUT2D eigenvalue weighted by Crippen LogP contribution is -2.24. The maximum atomic E-state index is 13.6. The fourth-order valence-corrected chi connectivity index (χ4v) is 2.48. The molecular weight excluding hydrogens is 368 g/mol. The summed E-state index contributed by atoms with van der Waals surface area (Å²) in [5.41, 5.74) is 0.527. The molecule has 2 aromatic rings. The molecule has 0 saturated heterocycles. The van der Waals surface area contributed by atoms with E-state index in [0.717, 1.165) is 29.8 Å². The summed E-state index contributed by atoms with van der Waals surface area (Å²) < 4.78 is 43.1. The van der Waals surface area contributed by atoms with Crippen molar-refractivity contribution in [3.63, 3.8) is 0 Å². The van der Waals surface area contributed by atoms with Gasteiger partial charge in [0, 0.05) is 18.7 Å². The largest absolute Gasteiger partial charge is 0.493 e. The highest BCUT2D eigenvalue weighted by Gasteiger charge is 2.13. The molecule has 7 heteroatoms. The first-order valence-electron chi connectivity index (χ1n) is 8.68. The summed E-state index contributed by atoms with van der Waals surface area (Å²) in [5, 5.41) is 2.74. The van der Waals surface area contributed by atoms with Gasteiger partial charge in [0.2, 0.25) is 5.91 Å². The van der Waals surface area contributed by atoms with Crippen LogP contribution in [0.4, 0.5) is 8.78 Å². The molecule has 5 nitrogen and oxygen atoms in total. The van der Waals surface area contributed by atoms with Crippen LogP contribution in [0.15, 0.2) is 42.5 Å². The number of carbonyl (C=O) groups excluding carboxylic acids is 1. The van der Waals surface area contributed by atoms with Crippen LogP contribution in [0, 0.1) is 11.6 Å². The molecule has 0 bridgehead atoms. The number of nitrogens with one attached hydrogen (secondary N) is 1. The molecule has 0 aliphatic carbocycles. The van der Waals surface area contributed by atoms with Crippen molar-refractivity contribution in [1.29, 1.82) is 0 Å². The molecule has 0 aliphatic heterocycles. The van der Waals surface area contributed by atoms with Crippen LogP contribution in [0.1, 0.15) is 24.1 Å². The van der Waals surface area contributed by atoms with Crippen LogP contribution in [0.3, 0.4) is 0 Å². The molecule has 0 spiro atoms. The van der Waals surface area contributed by atoms with E-state index in [0.29, 0.717) is 24.7 Å². The molecule has 0 aromatic heterocycles. The Balaban J connectivity index is 2.04. The van der Waals surface area contributed by atoms with Crippen LogP contribution in [-0.2, 0) is 9.53 Å². The number of methoxy groups -OCH3 is 2. The summed E-state index contributed by atoms with van der Waals surface area (Å²) in [6.07, 6.45) is 2.21. The van der Waals surface area contributed by atoms with Gasteiger partial charge in [-0.3, -0.25) is 4.79 Å². The minimum absolute atomic E-state index is 0.260. The van der Waals surface area contributed by atoms with Crippen molar-refractivity contribution in [2.45, 2.75) is 13.0 Å². The number of amides is 1. The Morgan fingerprint density at radius 2 is 1.82 bits per heavy atom. The van der Waals surface area contributed by atoms with Gasteiger partial charge >= 0.3 is 0 Å². The normalized spacial score (nSPS) is 12.0. The lowest BCUT2D eigenvalue weighted by Gasteiger charge is -2.16. The van der Waals surface area contributed by atoms with Gasteiger partial charge in [0.05, 0.1) is 19.8 Å². The molecule has 150 valence electrons. The third-order valence-corrected chi connectivity index (χ3v) is 3.99. The van der Waals surface area contributed by atoms with Gasteiger partial charge < -0.3 is 19.5 Å². The second kappa shape index (κ2) is 10.4. The summed E-state index contributed by atoms with van der Waals surface area (Å²) in [7, 11) is 3.11. The van der Waals surface area contributed by atoms with Crippen LogP contribution in [-0.4, -0.2) is 33.3 Å². The molecule has 0 fully saturated rings. The predicted molar refractivity (Wildman–Crippen MR) is 102 cm³/mol. The molecular formula is C21H23F2NO4. The fourth-order valence-electron chi connectivity index (χ4n) is 2.48. The van der Waals surface area contributed by atoms with E-state index in [1.165, 1.54) is 13.2 Å². The Hall–Kier alpha value is -2.93. The van der Waals surface area contributed by atoms with Gasteiger partial charge in [-0.25, -0.2) is 8.78 Å². The van der Waals surface area contributed by atoms with Crippen molar-refractivity contribution in [3.8, 4) is 11.5 Å². The van der Waals surface area contributed by atoms with Crippen molar-refractivity contribution in [1.82, 2.24) is 5.32 Å². The molecule has 2 rings (SSSR count). The minimum atomic E-state index is -0.731. The zero-order valence-electron chi connectivity index (χ0n) is 16.0. The highest BCUT2D eigenvalue weighted by atomic mass is 19.1. The highest BCUT2D eigenvalue weighted by Crippen LogP contribution is 2.30. The molecule has 0 heterocycles. The number of hydrogen-bond acceptors (Lipinski definition) is 4. The van der Waals surface area contributed by atoms with E-state index in [1.54, 1.807) is 32.2 Å². The smallest absolute Gasteiger partial charge is 0.244 e. The average molecular weight is 391 g/mol. The van der Waals surface area contributed by atoms with Gasteiger partial charge in [-0.1, -0.05) is 12.1 Å². The van der Waals surface area contributed by atoms with Gasteiger partial charge in [-0.2, -0.15) is 0 Å². The Morgan fingerprint density at radius 1 is 1.11 bits per heavy atom. The Morgan fingerprint density at radius 3 is 2.46 bits per heavy atom. The summed E-state index contributed by atoms with van der Waals surface area (Å²) in [6.45, 7) is 2.62. The summed E-state index contributed by atoms with van der Waals surface area (Å²) in [5.74, 6) is -0.846. The van der Waals surface area contributed by atoms with Gasteiger partial charge in [0.1, 0.15) is 18.2 Å². The minimum Gasteiger partial charge on any atom is -0.493 e. The third-order valence-electron chi connectivity index (χ3n) is 3.99. The molecule has 0 radical (unpaired) electrons. The van der Waals surface area contributed by atoms with E-state index in [1.807, 2.05) is 0 Å². The quantitative estimate of drug-likeness (QED) is 0.521. The maximum Gasteiger partial charge on any atom is 0.244 e. The fraction of sp³-hybridized carbons (Fsp3) is 0.286. The molecule has 1 atom stereocenters. The van der Waals surface area contributed by atoms with Crippen LogP contribution in [0.5, 0.6) is 11.5 Å². The van der Waals surface area contributed by atoms with E-state index in [4.69, 9.17) is 14.2 Å². The van der Waals surface area contributed by atoms with E-state index >= 15 is 0 Å². The first kappa shape index (κ1) is 21.4. The van der Waals surface area contributed by atoms with Gasteiger partial charge in [-0.15, -0.1) is 0 Å². The number of hydrogen-bond donors (Lipinski definition) is 1. The number of rotatable bonds is 9. The molecule has 0 saturated carbocycles. The summed E-state index contributed by atoms with van der Waals surface area (Å²) >= 11 is 0. The van der Waals surface area contributed by atoms with Crippen LogP contribution < -0.4 is 14.8 Å². The Bertz CT molecular complexity index is 819. The molecule has 2 aromatic carbocycles. The topological polar surface area (TPSA) is 56.8 Å². The maximum absolute atomic E-state index is 13.6. The van der Waals surface area contributed by atoms with Crippen molar-refractivity contribution < 1.29 is 27.8 Å². The zero-order chi connectivity index (χ0) is 20.5. The Kier molecular flexibility index (Phi) is 7.95. The molecule has 1 amide bonds. The lowest BCUT2D eigenvalue weighted by molar-refractivity contribution is -0.117. The van der Waals surface area contributed by atoms with E-state index < -0.39 is 17.5 Å². The van der Waals surface area contributed by atoms with E-state index in [-0.39, 0.29) is 11.6 Å². The zero-order valence-corrected chi connectivity index (χ0v) is 16.0. The number of benzene rings is 2. The number of ether oxygens (including phenoxy) is 3. The SMILES string of the molecule is COCCOc1ccc(C(C)NC(=O)C=Cc2c(F)cccc2F)cc1OC. The Labute approximate surface area is 162 Å². The monoisotopic (exact) mass is 391 g/mol. The average Bonchev–Trinajstić information content (AvgIpc) is 2.67. The van der Waals surface area contributed by atoms with Crippen molar-refractivity contribution in [2.75, 3.05) is 27.4 Å². The highest BCUT2D eigenvalue weighted by molar-refractivity contribution is 5.92. The first-order chi connectivity index (χ1) is 13.5. The molecule has 28 heavy (non-hydrogen) atoms. The standard InChI is InChI=1S/C21H23F2NO4/c1-14(15-7-9-19(20(13-15)27-3)28-12-11-26-2)24-21(25)10-8-16-17(22)5-4-6-18(16)23/h4-10,13-14H,11-12H2,1-3H3,(H,24,25). The summed E-state index contributed by atoms with van der Waals surface area (Å²) in [6, 6.07) is 8.47. The predicted octanol–water partition coefficient (Wildman–Crippen LogP) is 3.89. The van der Waals surface area contributed by atoms with Crippen LogP contribution >= 0.6 is 0 Å². The number of carbonyl (C=O) groups is 1. The third kappa shape index (κ3) is 5.79.